The first-order valence-corrected chi connectivity index (χ1v) is 7.94. The minimum atomic E-state index is -0.334. The van der Waals surface area contributed by atoms with Gasteiger partial charge in [0.15, 0.2) is 0 Å². The number of hydrogen-bond donors (Lipinski definition) is 0. The lowest BCUT2D eigenvalue weighted by Crippen LogP contribution is -2.28. The third kappa shape index (κ3) is 5.87. The number of esters is 1. The molecule has 2 aromatic rings. The van der Waals surface area contributed by atoms with Gasteiger partial charge < -0.3 is 14.1 Å². The van der Waals surface area contributed by atoms with Crippen molar-refractivity contribution in [2.45, 2.75) is 13.8 Å². The molecule has 1 aromatic heterocycles. The van der Waals surface area contributed by atoms with Gasteiger partial charge in [-0.15, -0.1) is 12.4 Å². The van der Waals surface area contributed by atoms with Gasteiger partial charge in [-0.2, -0.15) is 0 Å². The number of nitrogens with zero attached hydrogens (tertiary/aromatic N) is 1. The molecule has 2 rings (SSSR count). The van der Waals surface area contributed by atoms with Gasteiger partial charge in [-0.25, -0.2) is 4.79 Å². The summed E-state index contributed by atoms with van der Waals surface area (Å²) in [5.74, 6) is 0.296. The first kappa shape index (κ1) is 20.0. The molecule has 4 nitrogen and oxygen atoms in total. The van der Waals surface area contributed by atoms with Crippen LogP contribution in [0.3, 0.4) is 0 Å². The van der Waals surface area contributed by atoms with Gasteiger partial charge in [-0.1, -0.05) is 44.2 Å². The molecule has 0 bridgehead atoms. The summed E-state index contributed by atoms with van der Waals surface area (Å²) < 4.78 is 10.8. The molecule has 5 heteroatoms. The zero-order valence-corrected chi connectivity index (χ0v) is 14.9. The van der Waals surface area contributed by atoms with Crippen LogP contribution in [0.15, 0.2) is 53.1 Å². The largest absolute Gasteiger partial charge is 0.465 e. The average molecular weight is 350 g/mol. The zero-order chi connectivity index (χ0) is 16.5. The first-order chi connectivity index (χ1) is 11.2. The lowest BCUT2D eigenvalue weighted by Gasteiger charge is -2.17. The van der Waals surface area contributed by atoms with Crippen LogP contribution in [0, 0.1) is 0 Å². The Balaban J connectivity index is 0.00000288. The second-order valence-electron chi connectivity index (χ2n) is 5.10. The maximum absolute atomic E-state index is 12.5. The number of carbonyl (C=O) groups excluding carboxylic acids is 1. The number of ether oxygens (including phenoxy) is 1. The standard InChI is InChI=1S/C19H23NO3.ClH/c1-3-20(4-2)12-14-23-19(21)18(15-17-11-8-13-22-17)16-9-6-5-7-10-16;/h5-11,13,15H,3-4,12,14H2,1-2H3;1H/b18-15+;. The molecule has 0 radical (unpaired) electrons. The Hall–Kier alpha value is -2.04. The molecule has 0 spiro atoms. The van der Waals surface area contributed by atoms with Crippen molar-refractivity contribution in [3.05, 3.63) is 60.1 Å². The highest BCUT2D eigenvalue weighted by Crippen LogP contribution is 2.20. The number of rotatable bonds is 8. The van der Waals surface area contributed by atoms with Gasteiger partial charge in [0.05, 0.1) is 11.8 Å². The molecular formula is C19H24ClNO3. The van der Waals surface area contributed by atoms with E-state index in [0.717, 1.165) is 25.2 Å². The van der Waals surface area contributed by atoms with Gasteiger partial charge in [0.1, 0.15) is 12.4 Å². The Morgan fingerprint density at radius 2 is 1.83 bits per heavy atom. The molecule has 0 saturated carbocycles. The number of carbonyl (C=O) groups is 1. The van der Waals surface area contributed by atoms with Gasteiger partial charge in [0.25, 0.3) is 0 Å². The summed E-state index contributed by atoms with van der Waals surface area (Å²) in [5.41, 5.74) is 1.32. The SMILES string of the molecule is CCN(CC)CCOC(=O)/C(=C/c1ccco1)c1ccccc1.Cl. The number of hydrogen-bond acceptors (Lipinski definition) is 4. The summed E-state index contributed by atoms with van der Waals surface area (Å²) in [5, 5.41) is 0. The molecule has 130 valence electrons. The number of halogens is 1. The van der Waals surface area contributed by atoms with Crippen molar-refractivity contribution < 1.29 is 13.9 Å². The highest BCUT2D eigenvalue weighted by atomic mass is 35.5. The minimum Gasteiger partial charge on any atom is -0.465 e. The lowest BCUT2D eigenvalue weighted by atomic mass is 10.1. The molecular weight excluding hydrogens is 326 g/mol. The second-order valence-corrected chi connectivity index (χ2v) is 5.10. The van der Waals surface area contributed by atoms with E-state index in [1.54, 1.807) is 18.4 Å². The van der Waals surface area contributed by atoms with Crippen LogP contribution < -0.4 is 0 Å². The average Bonchev–Trinajstić information content (AvgIpc) is 3.10. The van der Waals surface area contributed by atoms with E-state index in [2.05, 4.69) is 18.7 Å². The van der Waals surface area contributed by atoms with Crippen LogP contribution in [-0.4, -0.2) is 37.1 Å². The van der Waals surface area contributed by atoms with Gasteiger partial charge >= 0.3 is 5.97 Å². The van der Waals surface area contributed by atoms with E-state index in [1.807, 2.05) is 36.4 Å². The molecule has 0 aliphatic rings. The highest BCUT2D eigenvalue weighted by Gasteiger charge is 2.14. The van der Waals surface area contributed by atoms with Gasteiger partial charge in [-0.3, -0.25) is 0 Å². The van der Waals surface area contributed by atoms with Crippen molar-refractivity contribution in [1.82, 2.24) is 4.90 Å². The van der Waals surface area contributed by atoms with E-state index in [1.165, 1.54) is 0 Å². The van der Waals surface area contributed by atoms with Gasteiger partial charge in [0.2, 0.25) is 0 Å². The van der Waals surface area contributed by atoms with E-state index in [4.69, 9.17) is 9.15 Å². The minimum absolute atomic E-state index is 0. The van der Waals surface area contributed by atoms with Crippen LogP contribution in [0.5, 0.6) is 0 Å². The van der Waals surface area contributed by atoms with Crippen LogP contribution in [0.2, 0.25) is 0 Å². The number of furan rings is 1. The van der Waals surface area contributed by atoms with Crippen LogP contribution in [0.4, 0.5) is 0 Å². The van der Waals surface area contributed by atoms with Gasteiger partial charge in [0, 0.05) is 6.54 Å². The Kier molecular flexibility index (Phi) is 8.90. The fourth-order valence-electron chi connectivity index (χ4n) is 2.28. The Morgan fingerprint density at radius 1 is 1.12 bits per heavy atom. The normalized spacial score (nSPS) is 11.2. The maximum atomic E-state index is 12.5. The van der Waals surface area contributed by atoms with Crippen LogP contribution in [0.25, 0.3) is 11.6 Å². The van der Waals surface area contributed by atoms with Crippen LogP contribution in [-0.2, 0) is 9.53 Å². The summed E-state index contributed by atoms with van der Waals surface area (Å²) in [6.07, 6.45) is 3.30. The lowest BCUT2D eigenvalue weighted by molar-refractivity contribution is -0.136. The Morgan fingerprint density at radius 3 is 2.42 bits per heavy atom. The summed E-state index contributed by atoms with van der Waals surface area (Å²) in [6.45, 7) is 7.20. The predicted octanol–water partition coefficient (Wildman–Crippen LogP) is 4.13. The molecule has 0 atom stereocenters. The van der Waals surface area contributed by atoms with E-state index in [-0.39, 0.29) is 18.4 Å². The number of likely N-dealkylation sites (N-methyl/N-ethyl adjacent to an activating group) is 1. The van der Waals surface area contributed by atoms with Crippen molar-refractivity contribution in [3.8, 4) is 0 Å². The fourth-order valence-corrected chi connectivity index (χ4v) is 2.28. The molecule has 0 aliphatic heterocycles. The van der Waals surface area contributed by atoms with Crippen molar-refractivity contribution in [1.29, 1.82) is 0 Å². The Bertz CT molecular complexity index is 619. The molecule has 0 unspecified atom stereocenters. The highest BCUT2D eigenvalue weighted by molar-refractivity contribution is 6.21. The second kappa shape index (κ2) is 10.7. The third-order valence-electron chi connectivity index (χ3n) is 3.67. The van der Waals surface area contributed by atoms with Crippen molar-refractivity contribution >= 4 is 30.0 Å². The van der Waals surface area contributed by atoms with E-state index in [9.17, 15) is 4.79 Å². The summed E-state index contributed by atoms with van der Waals surface area (Å²) in [6, 6.07) is 13.1. The van der Waals surface area contributed by atoms with Crippen molar-refractivity contribution in [2.24, 2.45) is 0 Å². The monoisotopic (exact) mass is 349 g/mol. The van der Waals surface area contributed by atoms with E-state index < -0.39 is 0 Å². The fraction of sp³-hybridized carbons (Fsp3) is 0.316. The predicted molar refractivity (Wildman–Crippen MR) is 99.0 cm³/mol. The van der Waals surface area contributed by atoms with Crippen LogP contribution in [0.1, 0.15) is 25.2 Å². The molecule has 0 fully saturated rings. The summed E-state index contributed by atoms with van der Waals surface area (Å²) in [4.78, 5) is 14.7. The van der Waals surface area contributed by atoms with E-state index in [0.29, 0.717) is 17.9 Å². The maximum Gasteiger partial charge on any atom is 0.338 e. The van der Waals surface area contributed by atoms with Crippen molar-refractivity contribution in [3.63, 3.8) is 0 Å². The quantitative estimate of drug-likeness (QED) is 0.531. The molecule has 0 saturated heterocycles. The number of benzene rings is 1. The van der Waals surface area contributed by atoms with Crippen molar-refractivity contribution in [2.75, 3.05) is 26.2 Å². The smallest absolute Gasteiger partial charge is 0.338 e. The third-order valence-corrected chi connectivity index (χ3v) is 3.67. The topological polar surface area (TPSA) is 42.7 Å². The molecule has 0 N–H and O–H groups in total. The molecule has 24 heavy (non-hydrogen) atoms. The zero-order valence-electron chi connectivity index (χ0n) is 14.1. The molecule has 0 amide bonds. The first-order valence-electron chi connectivity index (χ1n) is 7.94. The Labute approximate surface area is 149 Å². The molecule has 1 aromatic carbocycles. The molecule has 0 aliphatic carbocycles. The summed E-state index contributed by atoms with van der Waals surface area (Å²) in [7, 11) is 0. The van der Waals surface area contributed by atoms with Crippen LogP contribution >= 0.6 is 12.4 Å². The molecule has 1 heterocycles. The van der Waals surface area contributed by atoms with Gasteiger partial charge in [-0.05, 0) is 36.9 Å². The summed E-state index contributed by atoms with van der Waals surface area (Å²) >= 11 is 0. The van der Waals surface area contributed by atoms with E-state index >= 15 is 0 Å².